The van der Waals surface area contributed by atoms with Gasteiger partial charge >= 0.3 is 0 Å². The minimum atomic E-state index is 0.249. The maximum atomic E-state index is 9.34. The molecule has 1 saturated heterocycles. The molecule has 0 aliphatic carbocycles. The molecule has 0 bridgehead atoms. The van der Waals surface area contributed by atoms with Crippen LogP contribution in [0, 0.1) is 0 Å². The number of piperidine rings is 1. The van der Waals surface area contributed by atoms with Crippen LogP contribution in [0.5, 0.6) is 0 Å². The van der Waals surface area contributed by atoms with Crippen LogP contribution in [0.15, 0.2) is 0 Å². The van der Waals surface area contributed by atoms with Crippen molar-refractivity contribution in [3.63, 3.8) is 0 Å². The third-order valence-corrected chi connectivity index (χ3v) is 3.96. The van der Waals surface area contributed by atoms with Gasteiger partial charge in [-0.05, 0) is 26.3 Å². The van der Waals surface area contributed by atoms with Gasteiger partial charge in [-0.25, -0.2) is 0 Å². The molecule has 0 radical (unpaired) electrons. The fourth-order valence-electron chi connectivity index (χ4n) is 2.19. The summed E-state index contributed by atoms with van der Waals surface area (Å²) in [7, 11) is 0. The number of rotatable bonds is 5. The second-order valence-electron chi connectivity index (χ2n) is 4.33. The molecule has 2 rings (SSSR count). The summed E-state index contributed by atoms with van der Waals surface area (Å²) < 4.78 is 0. The highest BCUT2D eigenvalue weighted by Crippen LogP contribution is 2.22. The average molecular weight is 256 g/mol. The minimum absolute atomic E-state index is 0.249. The summed E-state index contributed by atoms with van der Waals surface area (Å²) in [5.74, 6) is 0. The molecule has 0 amide bonds. The summed E-state index contributed by atoms with van der Waals surface area (Å²) >= 11 is 1.61. The van der Waals surface area contributed by atoms with Crippen LogP contribution in [0.25, 0.3) is 0 Å². The highest BCUT2D eigenvalue weighted by atomic mass is 32.1. The predicted octanol–water partition coefficient (Wildman–Crippen LogP) is 1.32. The highest BCUT2D eigenvalue weighted by Gasteiger charge is 2.22. The van der Waals surface area contributed by atoms with E-state index in [1.165, 1.54) is 12.8 Å². The lowest BCUT2D eigenvalue weighted by molar-refractivity contribution is 0.0839. The summed E-state index contributed by atoms with van der Waals surface area (Å²) in [6.45, 7) is 5.04. The molecule has 1 aromatic heterocycles. The van der Waals surface area contributed by atoms with Crippen molar-refractivity contribution in [2.24, 2.45) is 0 Å². The van der Waals surface area contributed by atoms with Gasteiger partial charge in [0.25, 0.3) is 0 Å². The SMILES string of the molecule is CCNc1nnc(CN2CCCCC2CO)s1. The van der Waals surface area contributed by atoms with Gasteiger partial charge in [-0.3, -0.25) is 4.90 Å². The molecule has 6 heteroatoms. The summed E-state index contributed by atoms with van der Waals surface area (Å²) in [4.78, 5) is 2.32. The largest absolute Gasteiger partial charge is 0.395 e. The van der Waals surface area contributed by atoms with Crippen molar-refractivity contribution in [1.82, 2.24) is 15.1 Å². The molecule has 0 spiro atoms. The second-order valence-corrected chi connectivity index (χ2v) is 5.40. The Bertz CT molecular complexity index is 344. The van der Waals surface area contributed by atoms with E-state index in [1.54, 1.807) is 11.3 Å². The van der Waals surface area contributed by atoms with Crippen LogP contribution < -0.4 is 5.32 Å². The molecule has 1 aromatic rings. The molecule has 1 fully saturated rings. The average Bonchev–Trinajstić information content (AvgIpc) is 2.78. The molecular weight excluding hydrogens is 236 g/mol. The lowest BCUT2D eigenvalue weighted by Gasteiger charge is -2.33. The van der Waals surface area contributed by atoms with E-state index in [9.17, 15) is 5.11 Å². The molecule has 2 heterocycles. The van der Waals surface area contributed by atoms with Crippen LogP contribution in [-0.2, 0) is 6.54 Å². The van der Waals surface area contributed by atoms with Gasteiger partial charge in [-0.1, -0.05) is 17.8 Å². The first kappa shape index (κ1) is 12.7. The lowest BCUT2D eigenvalue weighted by atomic mass is 10.0. The molecule has 17 heavy (non-hydrogen) atoms. The molecule has 96 valence electrons. The third-order valence-electron chi connectivity index (χ3n) is 3.09. The van der Waals surface area contributed by atoms with Crippen LogP contribution in [0.3, 0.4) is 0 Å². The monoisotopic (exact) mass is 256 g/mol. The number of likely N-dealkylation sites (tertiary alicyclic amines) is 1. The first-order valence-corrected chi connectivity index (χ1v) is 7.06. The maximum absolute atomic E-state index is 9.34. The number of aromatic nitrogens is 2. The fourth-order valence-corrected chi connectivity index (χ4v) is 3.02. The van der Waals surface area contributed by atoms with Crippen molar-refractivity contribution >= 4 is 16.5 Å². The van der Waals surface area contributed by atoms with Crippen molar-refractivity contribution < 1.29 is 5.11 Å². The van der Waals surface area contributed by atoms with E-state index >= 15 is 0 Å². The zero-order valence-electron chi connectivity index (χ0n) is 10.2. The van der Waals surface area contributed by atoms with E-state index in [4.69, 9.17) is 0 Å². The lowest BCUT2D eigenvalue weighted by Crippen LogP contribution is -2.41. The number of aliphatic hydroxyl groups excluding tert-OH is 1. The Morgan fingerprint density at radius 3 is 3.12 bits per heavy atom. The standard InChI is InChI=1S/C11H20N4OS/c1-2-12-11-14-13-10(17-11)7-15-6-4-3-5-9(15)8-16/h9,16H,2-8H2,1H3,(H,12,14). The van der Waals surface area contributed by atoms with Crippen molar-refractivity contribution in [3.8, 4) is 0 Å². The van der Waals surface area contributed by atoms with Crippen molar-refractivity contribution in [2.45, 2.75) is 38.8 Å². The molecular formula is C11H20N4OS. The molecule has 0 aromatic carbocycles. The Hall–Kier alpha value is -0.720. The minimum Gasteiger partial charge on any atom is -0.395 e. The zero-order valence-corrected chi connectivity index (χ0v) is 11.0. The van der Waals surface area contributed by atoms with E-state index in [-0.39, 0.29) is 6.61 Å². The van der Waals surface area contributed by atoms with E-state index in [0.717, 1.165) is 36.2 Å². The van der Waals surface area contributed by atoms with Crippen LogP contribution in [0.4, 0.5) is 5.13 Å². The summed E-state index contributed by atoms with van der Waals surface area (Å²) in [6.07, 6.45) is 3.53. The van der Waals surface area contributed by atoms with E-state index < -0.39 is 0 Å². The van der Waals surface area contributed by atoms with Crippen LogP contribution >= 0.6 is 11.3 Å². The molecule has 1 aliphatic heterocycles. The van der Waals surface area contributed by atoms with Crippen LogP contribution in [-0.4, -0.2) is 45.9 Å². The van der Waals surface area contributed by atoms with Gasteiger partial charge in [0.2, 0.25) is 5.13 Å². The Morgan fingerprint density at radius 1 is 1.47 bits per heavy atom. The molecule has 1 atom stereocenters. The summed E-state index contributed by atoms with van der Waals surface area (Å²) in [6, 6.07) is 0.301. The van der Waals surface area contributed by atoms with Gasteiger partial charge in [0.15, 0.2) is 0 Å². The number of nitrogens with one attached hydrogen (secondary N) is 1. The highest BCUT2D eigenvalue weighted by molar-refractivity contribution is 7.15. The number of hydrogen-bond acceptors (Lipinski definition) is 6. The van der Waals surface area contributed by atoms with Crippen molar-refractivity contribution in [1.29, 1.82) is 0 Å². The molecule has 0 saturated carbocycles. The summed E-state index contributed by atoms with van der Waals surface area (Å²) in [5.41, 5.74) is 0. The summed E-state index contributed by atoms with van der Waals surface area (Å²) in [5, 5.41) is 22.7. The Morgan fingerprint density at radius 2 is 2.35 bits per heavy atom. The van der Waals surface area contributed by atoms with Gasteiger partial charge in [-0.15, -0.1) is 10.2 Å². The van der Waals surface area contributed by atoms with Gasteiger partial charge in [0.05, 0.1) is 13.2 Å². The smallest absolute Gasteiger partial charge is 0.205 e. The van der Waals surface area contributed by atoms with E-state index in [2.05, 4.69) is 20.4 Å². The normalized spacial score (nSPS) is 21.6. The Kier molecular flexibility index (Phi) is 4.70. The van der Waals surface area contributed by atoms with E-state index in [0.29, 0.717) is 6.04 Å². The van der Waals surface area contributed by atoms with Crippen molar-refractivity contribution in [2.75, 3.05) is 25.0 Å². The molecule has 1 unspecified atom stereocenters. The first-order chi connectivity index (χ1) is 8.33. The maximum Gasteiger partial charge on any atom is 0.205 e. The van der Waals surface area contributed by atoms with Crippen LogP contribution in [0.2, 0.25) is 0 Å². The topological polar surface area (TPSA) is 61.3 Å². The number of aliphatic hydroxyl groups is 1. The Labute approximate surface area is 106 Å². The molecule has 1 aliphatic rings. The predicted molar refractivity (Wildman–Crippen MR) is 69.2 cm³/mol. The fraction of sp³-hybridized carbons (Fsp3) is 0.818. The first-order valence-electron chi connectivity index (χ1n) is 6.24. The number of hydrogen-bond donors (Lipinski definition) is 2. The number of nitrogens with zero attached hydrogens (tertiary/aromatic N) is 3. The Balaban J connectivity index is 1.93. The van der Waals surface area contributed by atoms with Gasteiger partial charge in [0.1, 0.15) is 5.01 Å². The third kappa shape index (κ3) is 3.37. The second kappa shape index (κ2) is 6.28. The van der Waals surface area contributed by atoms with Gasteiger partial charge < -0.3 is 10.4 Å². The van der Waals surface area contributed by atoms with E-state index in [1.807, 2.05) is 6.92 Å². The quantitative estimate of drug-likeness (QED) is 0.832. The molecule has 2 N–H and O–H groups in total. The molecule has 5 nitrogen and oxygen atoms in total. The van der Waals surface area contributed by atoms with Gasteiger partial charge in [-0.2, -0.15) is 0 Å². The zero-order chi connectivity index (χ0) is 12.1. The van der Waals surface area contributed by atoms with Crippen LogP contribution in [0.1, 0.15) is 31.2 Å². The van der Waals surface area contributed by atoms with Gasteiger partial charge in [0, 0.05) is 12.6 Å². The number of anilines is 1. The van der Waals surface area contributed by atoms with Crippen molar-refractivity contribution in [3.05, 3.63) is 5.01 Å².